The molecule has 1 radical (unpaired) electrons. The highest BCUT2D eigenvalue weighted by molar-refractivity contribution is 5.85. The molecule has 0 aromatic heterocycles. The minimum absolute atomic E-state index is 0.871. The van der Waals surface area contributed by atoms with E-state index >= 15 is 0 Å². The highest BCUT2D eigenvalue weighted by atomic mass is 16.5. The van der Waals surface area contributed by atoms with E-state index in [0.29, 0.717) is 0 Å². The fourth-order valence-electron chi connectivity index (χ4n) is 2.50. The van der Waals surface area contributed by atoms with Gasteiger partial charge in [0.2, 0.25) is 0 Å². The molecule has 0 aliphatic carbocycles. The Balaban J connectivity index is 1.71. The molecule has 0 fully saturated rings. The predicted octanol–water partition coefficient (Wildman–Crippen LogP) is 5.53. The molecule has 0 aliphatic rings. The van der Waals surface area contributed by atoms with Crippen LogP contribution in [0.15, 0.2) is 42.5 Å². The third kappa shape index (κ3) is 4.64. The van der Waals surface area contributed by atoms with Gasteiger partial charge in [-0.1, -0.05) is 68.7 Å². The average molecular weight is 269 g/mol. The Kier molecular flexibility index (Phi) is 6.59. The van der Waals surface area contributed by atoms with Gasteiger partial charge in [0.1, 0.15) is 0 Å². The summed E-state index contributed by atoms with van der Waals surface area (Å²) in [5.74, 6) is 0. The number of benzene rings is 2. The van der Waals surface area contributed by atoms with Crippen LogP contribution in [0.5, 0.6) is 0 Å². The average Bonchev–Trinajstić information content (AvgIpc) is 2.50. The highest BCUT2D eigenvalue weighted by Gasteiger charge is 2.00. The SMILES string of the molecule is CCCCCCO[CH]CCc1cccc2ccccc12. The molecular weight excluding hydrogens is 244 g/mol. The lowest BCUT2D eigenvalue weighted by Crippen LogP contribution is -1.94. The third-order valence-electron chi connectivity index (χ3n) is 3.65. The first-order valence-corrected chi connectivity index (χ1v) is 7.81. The molecule has 0 saturated carbocycles. The number of rotatable bonds is 9. The lowest BCUT2D eigenvalue weighted by molar-refractivity contribution is 0.186. The van der Waals surface area contributed by atoms with Gasteiger partial charge in [-0.3, -0.25) is 0 Å². The summed E-state index contributed by atoms with van der Waals surface area (Å²) in [6, 6.07) is 15.1. The summed E-state index contributed by atoms with van der Waals surface area (Å²) in [5, 5.41) is 2.69. The topological polar surface area (TPSA) is 9.23 Å². The smallest absolute Gasteiger partial charge is 0.0839 e. The van der Waals surface area contributed by atoms with Gasteiger partial charge < -0.3 is 4.74 Å². The highest BCUT2D eigenvalue weighted by Crippen LogP contribution is 2.20. The van der Waals surface area contributed by atoms with E-state index in [1.165, 1.54) is 42.0 Å². The van der Waals surface area contributed by atoms with Gasteiger partial charge in [-0.2, -0.15) is 0 Å². The number of unbranched alkanes of at least 4 members (excludes halogenated alkanes) is 3. The molecule has 0 aliphatic heterocycles. The summed E-state index contributed by atoms with van der Waals surface area (Å²) in [6.07, 6.45) is 7.11. The molecule has 1 nitrogen and oxygen atoms in total. The maximum Gasteiger partial charge on any atom is 0.0839 e. The molecule has 0 amide bonds. The summed E-state index contributed by atoms with van der Waals surface area (Å²) < 4.78 is 5.59. The number of hydrogen-bond donors (Lipinski definition) is 0. The monoisotopic (exact) mass is 269 g/mol. The van der Waals surface area contributed by atoms with Gasteiger partial charge in [0.25, 0.3) is 0 Å². The van der Waals surface area contributed by atoms with Crippen molar-refractivity contribution in [2.75, 3.05) is 6.61 Å². The van der Waals surface area contributed by atoms with Crippen LogP contribution >= 0.6 is 0 Å². The zero-order chi connectivity index (χ0) is 14.0. The Bertz CT molecular complexity index is 499. The van der Waals surface area contributed by atoms with Gasteiger partial charge in [0.05, 0.1) is 6.61 Å². The van der Waals surface area contributed by atoms with Crippen molar-refractivity contribution < 1.29 is 4.74 Å². The lowest BCUT2D eigenvalue weighted by atomic mass is 10.0. The molecule has 2 aromatic rings. The van der Waals surface area contributed by atoms with Crippen molar-refractivity contribution in [2.45, 2.75) is 45.4 Å². The van der Waals surface area contributed by atoms with E-state index in [1.54, 1.807) is 0 Å². The second kappa shape index (κ2) is 8.76. The summed E-state index contributed by atoms with van der Waals surface area (Å²) >= 11 is 0. The second-order valence-corrected chi connectivity index (χ2v) is 5.28. The second-order valence-electron chi connectivity index (χ2n) is 5.28. The summed E-state index contributed by atoms with van der Waals surface area (Å²) in [4.78, 5) is 0. The van der Waals surface area contributed by atoms with E-state index in [2.05, 4.69) is 49.4 Å². The van der Waals surface area contributed by atoms with E-state index in [1.807, 2.05) is 6.61 Å². The first-order valence-electron chi connectivity index (χ1n) is 7.81. The van der Waals surface area contributed by atoms with Gasteiger partial charge in [-0.25, -0.2) is 0 Å². The predicted molar refractivity (Wildman–Crippen MR) is 86.7 cm³/mol. The minimum Gasteiger partial charge on any atom is -0.376 e. The van der Waals surface area contributed by atoms with Gasteiger partial charge in [0.15, 0.2) is 0 Å². The lowest BCUT2D eigenvalue weighted by Gasteiger charge is -2.07. The van der Waals surface area contributed by atoms with Crippen molar-refractivity contribution in [3.05, 3.63) is 54.6 Å². The molecule has 1 heteroatoms. The van der Waals surface area contributed by atoms with Crippen LogP contribution in [0.2, 0.25) is 0 Å². The standard InChI is InChI=1S/C19H25O/c1-2-3-4-7-15-20-16-9-13-18-12-8-11-17-10-5-6-14-19(17)18/h5-6,8,10-12,14,16H,2-4,7,9,13,15H2,1H3. The molecule has 0 N–H and O–H groups in total. The van der Waals surface area contributed by atoms with Crippen molar-refractivity contribution in [2.24, 2.45) is 0 Å². The molecule has 107 valence electrons. The van der Waals surface area contributed by atoms with Crippen molar-refractivity contribution in [1.29, 1.82) is 0 Å². The number of fused-ring (bicyclic) bond motifs is 1. The Hall–Kier alpha value is -1.34. The molecule has 2 aromatic carbocycles. The summed E-state index contributed by atoms with van der Waals surface area (Å²) in [7, 11) is 0. The van der Waals surface area contributed by atoms with E-state index in [9.17, 15) is 0 Å². The number of hydrogen-bond acceptors (Lipinski definition) is 1. The molecular formula is C19H25O. The maximum absolute atomic E-state index is 5.59. The molecule has 0 heterocycles. The molecule has 20 heavy (non-hydrogen) atoms. The molecule has 0 spiro atoms. The molecule has 0 unspecified atom stereocenters. The fourth-order valence-corrected chi connectivity index (χ4v) is 2.50. The van der Waals surface area contributed by atoms with Gasteiger partial charge in [-0.15, -0.1) is 0 Å². The van der Waals surface area contributed by atoms with E-state index in [0.717, 1.165) is 19.4 Å². The first kappa shape index (κ1) is 15.1. The Morgan fingerprint density at radius 2 is 1.80 bits per heavy atom. The molecule has 0 bridgehead atoms. The molecule has 2 rings (SSSR count). The van der Waals surface area contributed by atoms with Crippen molar-refractivity contribution in [3.63, 3.8) is 0 Å². The number of ether oxygens (including phenoxy) is 1. The van der Waals surface area contributed by atoms with Gasteiger partial charge in [-0.05, 0) is 35.6 Å². The zero-order valence-corrected chi connectivity index (χ0v) is 12.5. The van der Waals surface area contributed by atoms with Crippen molar-refractivity contribution in [1.82, 2.24) is 0 Å². The van der Waals surface area contributed by atoms with Crippen LogP contribution in [0.1, 0.15) is 44.6 Å². The Labute approximate surface area is 123 Å². The third-order valence-corrected chi connectivity index (χ3v) is 3.65. The Morgan fingerprint density at radius 1 is 0.950 bits per heavy atom. The minimum atomic E-state index is 0.871. The van der Waals surface area contributed by atoms with Crippen molar-refractivity contribution >= 4 is 10.8 Å². The van der Waals surface area contributed by atoms with E-state index in [-0.39, 0.29) is 0 Å². The first-order chi connectivity index (χ1) is 9.92. The van der Waals surface area contributed by atoms with E-state index < -0.39 is 0 Å². The van der Waals surface area contributed by atoms with Crippen LogP contribution in [-0.2, 0) is 11.2 Å². The zero-order valence-electron chi connectivity index (χ0n) is 12.5. The summed E-state index contributed by atoms with van der Waals surface area (Å²) in [6.45, 7) is 5.08. The van der Waals surface area contributed by atoms with E-state index in [4.69, 9.17) is 4.74 Å². The van der Waals surface area contributed by atoms with Crippen LogP contribution in [0.3, 0.4) is 0 Å². The van der Waals surface area contributed by atoms with Crippen LogP contribution in [0.25, 0.3) is 10.8 Å². The molecule has 0 saturated heterocycles. The van der Waals surface area contributed by atoms with Gasteiger partial charge in [0, 0.05) is 6.61 Å². The van der Waals surface area contributed by atoms with Crippen LogP contribution < -0.4 is 0 Å². The van der Waals surface area contributed by atoms with Crippen LogP contribution in [0.4, 0.5) is 0 Å². The summed E-state index contributed by atoms with van der Waals surface area (Å²) in [5.41, 5.74) is 1.41. The Morgan fingerprint density at radius 3 is 2.70 bits per heavy atom. The fraction of sp³-hybridized carbons (Fsp3) is 0.421. The largest absolute Gasteiger partial charge is 0.376 e. The van der Waals surface area contributed by atoms with Crippen LogP contribution in [0, 0.1) is 6.61 Å². The number of aryl methyl sites for hydroxylation is 1. The maximum atomic E-state index is 5.59. The quantitative estimate of drug-likeness (QED) is 0.544. The van der Waals surface area contributed by atoms with Crippen LogP contribution in [-0.4, -0.2) is 6.61 Å². The van der Waals surface area contributed by atoms with Gasteiger partial charge >= 0.3 is 0 Å². The normalized spacial score (nSPS) is 11.1. The van der Waals surface area contributed by atoms with Crippen molar-refractivity contribution in [3.8, 4) is 0 Å². The molecule has 0 atom stereocenters.